The molecule has 1 aromatic rings. The molecule has 0 spiro atoms. The average molecular weight is 176 g/mol. The Hall–Kier alpha value is -1.56. The summed E-state index contributed by atoms with van der Waals surface area (Å²) >= 11 is 0. The van der Waals surface area contributed by atoms with Crippen molar-refractivity contribution in [3.8, 4) is 6.07 Å². The fourth-order valence-electron chi connectivity index (χ4n) is 1.33. The highest BCUT2D eigenvalue weighted by atomic mass is 16.1. The van der Waals surface area contributed by atoms with Crippen molar-refractivity contribution in [3.63, 3.8) is 0 Å². The van der Waals surface area contributed by atoms with Gasteiger partial charge in [-0.1, -0.05) is 13.8 Å². The minimum absolute atomic E-state index is 0.182. The van der Waals surface area contributed by atoms with Gasteiger partial charge >= 0.3 is 0 Å². The van der Waals surface area contributed by atoms with Crippen molar-refractivity contribution in [2.24, 2.45) is 0 Å². The van der Waals surface area contributed by atoms with Gasteiger partial charge < -0.3 is 4.98 Å². The van der Waals surface area contributed by atoms with Crippen LogP contribution >= 0.6 is 0 Å². The minimum Gasteiger partial charge on any atom is -0.325 e. The molecule has 0 fully saturated rings. The zero-order valence-electron chi connectivity index (χ0n) is 8.01. The van der Waals surface area contributed by atoms with E-state index in [0.717, 1.165) is 11.3 Å². The van der Waals surface area contributed by atoms with E-state index in [4.69, 9.17) is 5.26 Å². The third kappa shape index (κ3) is 1.78. The molecular weight excluding hydrogens is 164 g/mol. The number of rotatable bonds is 1. The largest absolute Gasteiger partial charge is 0.325 e. The van der Waals surface area contributed by atoms with Gasteiger partial charge in [-0.15, -0.1) is 0 Å². The number of nitrogens with one attached hydrogen (secondary N) is 1. The number of aromatic amines is 1. The molecular formula is C10H12N2O. The molecule has 68 valence electrons. The highest BCUT2D eigenvalue weighted by Crippen LogP contribution is 2.14. The quantitative estimate of drug-likeness (QED) is 0.707. The molecule has 0 saturated heterocycles. The molecule has 0 amide bonds. The van der Waals surface area contributed by atoms with Crippen LogP contribution in [0.2, 0.25) is 0 Å². The van der Waals surface area contributed by atoms with Gasteiger partial charge in [0.05, 0.1) is 0 Å². The topological polar surface area (TPSA) is 56.6 Å². The smallest absolute Gasteiger partial charge is 0.266 e. The number of nitriles is 1. The zero-order chi connectivity index (χ0) is 10.0. The van der Waals surface area contributed by atoms with Gasteiger partial charge in [0.1, 0.15) is 11.6 Å². The summed E-state index contributed by atoms with van der Waals surface area (Å²) in [4.78, 5) is 14.0. The zero-order valence-corrected chi connectivity index (χ0v) is 8.01. The van der Waals surface area contributed by atoms with E-state index in [0.29, 0.717) is 0 Å². The van der Waals surface area contributed by atoms with E-state index < -0.39 is 0 Å². The highest BCUT2D eigenvalue weighted by molar-refractivity contribution is 5.33. The Morgan fingerprint density at radius 3 is 2.62 bits per heavy atom. The van der Waals surface area contributed by atoms with Crippen LogP contribution in [0.3, 0.4) is 0 Å². The second kappa shape index (κ2) is 3.44. The average Bonchev–Trinajstić information content (AvgIpc) is 2.07. The maximum Gasteiger partial charge on any atom is 0.266 e. The molecule has 0 aliphatic carbocycles. The van der Waals surface area contributed by atoms with Gasteiger partial charge in [-0.25, -0.2) is 0 Å². The number of nitrogens with zero attached hydrogens (tertiary/aromatic N) is 1. The minimum atomic E-state index is -0.295. The number of pyridine rings is 1. The van der Waals surface area contributed by atoms with E-state index in [2.05, 4.69) is 4.98 Å². The number of aromatic nitrogens is 1. The SMILES string of the molecule is Cc1cc(C#N)c(=O)[nH]c1C(C)C. The van der Waals surface area contributed by atoms with Gasteiger partial charge in [0.15, 0.2) is 0 Å². The molecule has 0 aliphatic heterocycles. The number of hydrogen-bond acceptors (Lipinski definition) is 2. The van der Waals surface area contributed by atoms with Crippen LogP contribution < -0.4 is 5.56 Å². The lowest BCUT2D eigenvalue weighted by molar-refractivity contribution is 0.803. The molecule has 13 heavy (non-hydrogen) atoms. The number of H-pyrrole nitrogens is 1. The van der Waals surface area contributed by atoms with Crippen molar-refractivity contribution in [2.75, 3.05) is 0 Å². The maximum atomic E-state index is 11.2. The van der Waals surface area contributed by atoms with E-state index in [1.54, 1.807) is 6.07 Å². The first kappa shape index (κ1) is 9.53. The molecule has 1 aromatic heterocycles. The fraction of sp³-hybridized carbons (Fsp3) is 0.400. The van der Waals surface area contributed by atoms with Crippen molar-refractivity contribution < 1.29 is 0 Å². The molecule has 3 heteroatoms. The molecule has 0 radical (unpaired) electrons. The molecule has 1 rings (SSSR count). The molecule has 0 unspecified atom stereocenters. The van der Waals surface area contributed by atoms with E-state index in [-0.39, 0.29) is 17.0 Å². The first-order valence-electron chi connectivity index (χ1n) is 4.20. The van der Waals surface area contributed by atoms with Crippen LogP contribution in [0.5, 0.6) is 0 Å². The first-order valence-corrected chi connectivity index (χ1v) is 4.20. The lowest BCUT2D eigenvalue weighted by Crippen LogP contribution is -2.14. The molecule has 3 nitrogen and oxygen atoms in total. The summed E-state index contributed by atoms with van der Waals surface area (Å²) < 4.78 is 0. The molecule has 0 aliphatic rings. The summed E-state index contributed by atoms with van der Waals surface area (Å²) in [5, 5.41) is 8.60. The van der Waals surface area contributed by atoms with Crippen LogP contribution in [0, 0.1) is 18.3 Å². The van der Waals surface area contributed by atoms with Crippen LogP contribution in [-0.4, -0.2) is 4.98 Å². The Kier molecular flexibility index (Phi) is 2.52. The van der Waals surface area contributed by atoms with Gasteiger partial charge in [-0.2, -0.15) is 5.26 Å². The lowest BCUT2D eigenvalue weighted by Gasteiger charge is -2.08. The van der Waals surface area contributed by atoms with E-state index in [1.165, 1.54) is 0 Å². The molecule has 0 aromatic carbocycles. The van der Waals surface area contributed by atoms with Crippen LogP contribution in [0.25, 0.3) is 0 Å². The molecule has 1 heterocycles. The Balaban J connectivity index is 3.40. The maximum absolute atomic E-state index is 11.2. The van der Waals surface area contributed by atoms with Gasteiger partial charge in [0.25, 0.3) is 5.56 Å². The fourth-order valence-corrected chi connectivity index (χ4v) is 1.33. The Bertz CT molecular complexity index is 410. The van der Waals surface area contributed by atoms with Crippen LogP contribution in [-0.2, 0) is 0 Å². The first-order chi connectivity index (χ1) is 6.06. The molecule has 1 N–H and O–H groups in total. The predicted molar refractivity (Wildman–Crippen MR) is 50.6 cm³/mol. The van der Waals surface area contributed by atoms with E-state index in [1.807, 2.05) is 26.8 Å². The third-order valence-corrected chi connectivity index (χ3v) is 1.98. The summed E-state index contributed by atoms with van der Waals surface area (Å²) in [7, 11) is 0. The number of aryl methyl sites for hydroxylation is 1. The Morgan fingerprint density at radius 1 is 1.54 bits per heavy atom. The van der Waals surface area contributed by atoms with Crippen molar-refractivity contribution in [1.82, 2.24) is 4.98 Å². The van der Waals surface area contributed by atoms with Crippen LogP contribution in [0.1, 0.15) is 36.6 Å². The highest BCUT2D eigenvalue weighted by Gasteiger charge is 2.07. The summed E-state index contributed by atoms with van der Waals surface area (Å²) in [6, 6.07) is 3.49. The predicted octanol–water partition coefficient (Wildman–Crippen LogP) is 1.68. The van der Waals surface area contributed by atoms with Crippen molar-refractivity contribution >= 4 is 0 Å². The van der Waals surface area contributed by atoms with Gasteiger partial charge in [0.2, 0.25) is 0 Å². The third-order valence-electron chi connectivity index (χ3n) is 1.98. The van der Waals surface area contributed by atoms with Gasteiger partial charge in [-0.3, -0.25) is 4.79 Å². The number of hydrogen-bond donors (Lipinski definition) is 1. The lowest BCUT2D eigenvalue weighted by atomic mass is 10.0. The van der Waals surface area contributed by atoms with Crippen LogP contribution in [0.4, 0.5) is 0 Å². The summed E-state index contributed by atoms with van der Waals surface area (Å²) in [6.07, 6.45) is 0. The van der Waals surface area contributed by atoms with Gasteiger partial charge in [0, 0.05) is 5.69 Å². The standard InChI is InChI=1S/C10H12N2O/c1-6(2)9-7(3)4-8(5-11)10(13)12-9/h4,6H,1-3H3,(H,12,13). The Labute approximate surface area is 77.0 Å². The monoisotopic (exact) mass is 176 g/mol. The molecule has 0 atom stereocenters. The van der Waals surface area contributed by atoms with Crippen LogP contribution in [0.15, 0.2) is 10.9 Å². The summed E-state index contributed by atoms with van der Waals surface area (Å²) in [5.74, 6) is 0.278. The second-order valence-corrected chi connectivity index (χ2v) is 3.38. The normalized spacial score (nSPS) is 10.1. The summed E-state index contributed by atoms with van der Waals surface area (Å²) in [6.45, 7) is 5.90. The Morgan fingerprint density at radius 2 is 2.15 bits per heavy atom. The van der Waals surface area contributed by atoms with Crippen molar-refractivity contribution in [1.29, 1.82) is 5.26 Å². The summed E-state index contributed by atoms with van der Waals surface area (Å²) in [5.41, 5.74) is 1.76. The van der Waals surface area contributed by atoms with Crippen molar-refractivity contribution in [2.45, 2.75) is 26.7 Å². The second-order valence-electron chi connectivity index (χ2n) is 3.38. The molecule has 0 saturated carbocycles. The molecule has 0 bridgehead atoms. The van der Waals surface area contributed by atoms with Gasteiger partial charge in [-0.05, 0) is 24.5 Å². The van der Waals surface area contributed by atoms with E-state index in [9.17, 15) is 4.79 Å². The van der Waals surface area contributed by atoms with Crippen molar-refractivity contribution in [3.05, 3.63) is 33.2 Å². The van der Waals surface area contributed by atoms with E-state index >= 15 is 0 Å².